The summed E-state index contributed by atoms with van der Waals surface area (Å²) >= 11 is 1.00. The molecule has 0 N–H and O–H groups in total. The van der Waals surface area contributed by atoms with Gasteiger partial charge in [-0.05, 0) is 25.5 Å². The third kappa shape index (κ3) is 2.68. The van der Waals surface area contributed by atoms with E-state index in [1.165, 1.54) is 6.92 Å². The average Bonchev–Trinajstić information content (AvgIpc) is 2.82. The van der Waals surface area contributed by atoms with Gasteiger partial charge in [0.1, 0.15) is 4.83 Å². The monoisotopic (exact) mass is 332 g/mol. The third-order valence-electron chi connectivity index (χ3n) is 3.63. The van der Waals surface area contributed by atoms with E-state index in [1.54, 1.807) is 12.1 Å². The van der Waals surface area contributed by atoms with Crippen LogP contribution < -0.4 is 0 Å². The molecule has 0 saturated carbocycles. The molecule has 0 aliphatic carbocycles. The maximum absolute atomic E-state index is 13.5. The molecule has 6 heteroatoms. The van der Waals surface area contributed by atoms with Crippen molar-refractivity contribution in [3.05, 3.63) is 58.4 Å². The molecule has 23 heavy (non-hydrogen) atoms. The Labute approximate surface area is 135 Å². The van der Waals surface area contributed by atoms with Crippen LogP contribution in [-0.4, -0.2) is 4.98 Å². The molecule has 3 aromatic rings. The van der Waals surface area contributed by atoms with E-state index in [-0.39, 0.29) is 20.9 Å². The summed E-state index contributed by atoms with van der Waals surface area (Å²) in [5.41, 5.74) is 1.52. The Kier molecular flexibility index (Phi) is 3.61. The van der Waals surface area contributed by atoms with Crippen LogP contribution in [0, 0.1) is 20.4 Å². The Bertz CT molecular complexity index is 932. The van der Waals surface area contributed by atoms with E-state index in [1.807, 2.05) is 19.1 Å². The Hall–Kier alpha value is -2.39. The lowest BCUT2D eigenvalue weighted by Gasteiger charge is -2.11. The topological polar surface area (TPSA) is 17.2 Å². The molecule has 116 valence electrons. The summed E-state index contributed by atoms with van der Waals surface area (Å²) in [6.45, 7) is 10.6. The van der Waals surface area contributed by atoms with Crippen LogP contribution in [0.15, 0.2) is 30.3 Å². The fraction of sp³-hybridized carbons (Fsp3) is 0.176. The Morgan fingerprint density at radius 1 is 1.13 bits per heavy atom. The lowest BCUT2D eigenvalue weighted by molar-refractivity contribution is -0.136. The van der Waals surface area contributed by atoms with E-state index in [0.717, 1.165) is 23.0 Å². The third-order valence-corrected chi connectivity index (χ3v) is 4.71. The molecule has 0 unspecified atom stereocenters. The normalized spacial score (nSPS) is 11.7. The molecular formula is C17H11F3N2S. The van der Waals surface area contributed by atoms with Crippen LogP contribution in [0.1, 0.15) is 16.7 Å². The van der Waals surface area contributed by atoms with Crippen molar-refractivity contribution in [1.29, 1.82) is 0 Å². The molecule has 2 heterocycles. The molecule has 0 fully saturated rings. The van der Waals surface area contributed by atoms with Crippen LogP contribution in [0.25, 0.3) is 26.3 Å². The van der Waals surface area contributed by atoms with Gasteiger partial charge >= 0.3 is 6.18 Å². The van der Waals surface area contributed by atoms with E-state index in [9.17, 15) is 13.2 Å². The molecule has 2 aromatic heterocycles. The second-order valence-corrected chi connectivity index (χ2v) is 6.22. The quantitative estimate of drug-likeness (QED) is 0.489. The first kappa shape index (κ1) is 15.5. The number of halogens is 3. The molecule has 0 atom stereocenters. The summed E-state index contributed by atoms with van der Waals surface area (Å²) in [6.07, 6.45) is -4.49. The molecule has 0 spiro atoms. The van der Waals surface area contributed by atoms with Crippen LogP contribution in [0.3, 0.4) is 0 Å². The van der Waals surface area contributed by atoms with Gasteiger partial charge in [-0.3, -0.25) is 0 Å². The van der Waals surface area contributed by atoms with E-state index in [2.05, 4.69) is 9.83 Å². The number of aryl methyl sites for hydroxylation is 2. The second-order valence-electron chi connectivity index (χ2n) is 5.24. The van der Waals surface area contributed by atoms with Crippen molar-refractivity contribution in [2.45, 2.75) is 20.0 Å². The highest BCUT2D eigenvalue weighted by Crippen LogP contribution is 2.44. The van der Waals surface area contributed by atoms with E-state index in [4.69, 9.17) is 6.57 Å². The van der Waals surface area contributed by atoms with Crippen LogP contribution in [0.2, 0.25) is 0 Å². The zero-order valence-electron chi connectivity index (χ0n) is 12.3. The highest BCUT2D eigenvalue weighted by atomic mass is 32.1. The highest BCUT2D eigenvalue weighted by molar-refractivity contribution is 7.22. The van der Waals surface area contributed by atoms with Crippen molar-refractivity contribution in [2.75, 3.05) is 0 Å². The zero-order valence-corrected chi connectivity index (χ0v) is 13.1. The van der Waals surface area contributed by atoms with Crippen LogP contribution in [-0.2, 0) is 6.18 Å². The number of fused-ring (bicyclic) bond motifs is 1. The number of nitrogens with zero attached hydrogens (tertiary/aromatic N) is 2. The Morgan fingerprint density at radius 2 is 1.78 bits per heavy atom. The number of benzene rings is 1. The number of pyridine rings is 1. The minimum atomic E-state index is -4.49. The molecule has 3 rings (SSSR count). The summed E-state index contributed by atoms with van der Waals surface area (Å²) in [6, 6.07) is 8.23. The molecule has 0 amide bonds. The molecule has 2 nitrogen and oxygen atoms in total. The van der Waals surface area contributed by atoms with Gasteiger partial charge in [0.05, 0.1) is 17.8 Å². The maximum atomic E-state index is 13.5. The predicted octanol–water partition coefficient (Wildman–Crippen LogP) is 6.15. The summed E-state index contributed by atoms with van der Waals surface area (Å²) in [5.74, 6) is 0. The molecule has 1 aromatic carbocycles. The SMILES string of the molecule is [C-]#[N+]c1sc2nc(-c3ccc(C)cc3)cc(C(F)(F)F)c2c1C. The molecule has 0 saturated heterocycles. The number of thiophene rings is 1. The minimum Gasteiger partial charge on any atom is -0.238 e. The van der Waals surface area contributed by atoms with Gasteiger partial charge < -0.3 is 0 Å². The standard InChI is InChI=1S/C17H11F3N2S/c1-9-4-6-11(7-5-9)13-8-12(17(18,19)20)14-10(2)15(21-3)23-16(14)22-13/h4-8H,1-2H3. The first-order valence-electron chi connectivity index (χ1n) is 6.77. The van der Waals surface area contributed by atoms with Crippen molar-refractivity contribution >= 4 is 26.6 Å². The fourth-order valence-electron chi connectivity index (χ4n) is 2.44. The van der Waals surface area contributed by atoms with Crippen molar-refractivity contribution in [3.8, 4) is 11.3 Å². The molecular weight excluding hydrogens is 321 g/mol. The zero-order chi connectivity index (χ0) is 16.8. The van der Waals surface area contributed by atoms with E-state index < -0.39 is 11.7 Å². The van der Waals surface area contributed by atoms with Gasteiger partial charge in [-0.25, -0.2) is 9.83 Å². The van der Waals surface area contributed by atoms with Crippen LogP contribution >= 0.6 is 11.3 Å². The number of aromatic nitrogens is 1. The molecule has 0 aliphatic rings. The van der Waals surface area contributed by atoms with Gasteiger partial charge in [0.2, 0.25) is 5.00 Å². The minimum absolute atomic E-state index is 0.0318. The summed E-state index contributed by atoms with van der Waals surface area (Å²) in [4.78, 5) is 7.91. The fourth-order valence-corrected chi connectivity index (χ4v) is 3.43. The lowest BCUT2D eigenvalue weighted by Crippen LogP contribution is -2.07. The van der Waals surface area contributed by atoms with Crippen molar-refractivity contribution in [1.82, 2.24) is 4.98 Å². The average molecular weight is 332 g/mol. The van der Waals surface area contributed by atoms with E-state index in [0.29, 0.717) is 11.1 Å². The number of alkyl halides is 3. The van der Waals surface area contributed by atoms with Crippen molar-refractivity contribution in [3.63, 3.8) is 0 Å². The summed E-state index contributed by atoms with van der Waals surface area (Å²) in [7, 11) is 0. The first-order chi connectivity index (χ1) is 10.8. The van der Waals surface area contributed by atoms with E-state index >= 15 is 0 Å². The molecule has 0 radical (unpaired) electrons. The van der Waals surface area contributed by atoms with Crippen molar-refractivity contribution < 1.29 is 13.2 Å². The Balaban J connectivity index is 2.34. The van der Waals surface area contributed by atoms with Gasteiger partial charge in [-0.1, -0.05) is 29.8 Å². The Morgan fingerprint density at radius 3 is 2.35 bits per heavy atom. The predicted molar refractivity (Wildman–Crippen MR) is 85.8 cm³/mol. The largest absolute Gasteiger partial charge is 0.417 e. The summed E-state index contributed by atoms with van der Waals surface area (Å²) < 4.78 is 40.4. The van der Waals surface area contributed by atoms with Crippen molar-refractivity contribution in [2.24, 2.45) is 0 Å². The van der Waals surface area contributed by atoms with Gasteiger partial charge in [0, 0.05) is 10.9 Å². The maximum Gasteiger partial charge on any atom is 0.417 e. The van der Waals surface area contributed by atoms with Crippen LogP contribution in [0.4, 0.5) is 18.2 Å². The smallest absolute Gasteiger partial charge is 0.238 e. The highest BCUT2D eigenvalue weighted by Gasteiger charge is 2.35. The lowest BCUT2D eigenvalue weighted by atomic mass is 10.0. The van der Waals surface area contributed by atoms with Gasteiger partial charge in [0.25, 0.3) is 0 Å². The summed E-state index contributed by atoms with van der Waals surface area (Å²) in [5, 5.41) is 0.281. The number of hydrogen-bond acceptors (Lipinski definition) is 2. The second kappa shape index (κ2) is 5.36. The molecule has 0 bridgehead atoms. The number of rotatable bonds is 1. The van der Waals surface area contributed by atoms with Gasteiger partial charge in [-0.15, -0.1) is 11.3 Å². The van der Waals surface area contributed by atoms with Gasteiger partial charge in [0.15, 0.2) is 0 Å². The molecule has 0 aliphatic heterocycles. The van der Waals surface area contributed by atoms with Crippen LogP contribution in [0.5, 0.6) is 0 Å². The number of hydrogen-bond donors (Lipinski definition) is 0. The van der Waals surface area contributed by atoms with Gasteiger partial charge in [-0.2, -0.15) is 13.2 Å². The first-order valence-corrected chi connectivity index (χ1v) is 7.58.